The molecule has 0 saturated carbocycles. The molecule has 0 bridgehead atoms. The summed E-state index contributed by atoms with van der Waals surface area (Å²) in [4.78, 5) is 8.96. The Morgan fingerprint density at radius 1 is 1.00 bits per heavy atom. The van der Waals surface area contributed by atoms with Gasteiger partial charge in [-0.2, -0.15) is 0 Å². The molecule has 4 nitrogen and oxygen atoms in total. The summed E-state index contributed by atoms with van der Waals surface area (Å²) in [5.41, 5.74) is 2.99. The lowest BCUT2D eigenvalue weighted by atomic mass is 10.2. The number of fused-ring (bicyclic) bond motifs is 1. The first-order valence-electron chi connectivity index (χ1n) is 6.70. The van der Waals surface area contributed by atoms with E-state index in [-0.39, 0.29) is 0 Å². The van der Waals surface area contributed by atoms with E-state index in [0.29, 0.717) is 13.1 Å². The van der Waals surface area contributed by atoms with Crippen LogP contribution in [0.1, 0.15) is 23.0 Å². The molecule has 0 amide bonds. The highest BCUT2D eigenvalue weighted by Gasteiger charge is 2.05. The number of hydrogen-bond acceptors (Lipinski definition) is 4. The van der Waals surface area contributed by atoms with E-state index in [9.17, 15) is 0 Å². The van der Waals surface area contributed by atoms with Gasteiger partial charge in [-0.15, -0.1) is 0 Å². The molecule has 0 spiro atoms. The molecule has 1 aromatic carbocycles. The standard InChI is InChI=1S/C16H17N3O/c1-11-12(2)20-16(18-11)10-17-9-14-8-7-13-5-3-4-6-15(13)19-14/h3-8,17H,9-10H2,1-2H3. The molecule has 2 aromatic heterocycles. The lowest BCUT2D eigenvalue weighted by molar-refractivity contribution is 0.448. The molecule has 3 rings (SSSR count). The molecule has 4 heteroatoms. The summed E-state index contributed by atoms with van der Waals surface area (Å²) in [6, 6.07) is 12.3. The van der Waals surface area contributed by atoms with Crippen LogP contribution in [-0.2, 0) is 13.1 Å². The largest absolute Gasteiger partial charge is 0.444 e. The van der Waals surface area contributed by atoms with E-state index in [1.165, 1.54) is 0 Å². The Kier molecular flexibility index (Phi) is 3.48. The van der Waals surface area contributed by atoms with Crippen LogP contribution < -0.4 is 5.32 Å². The number of nitrogens with one attached hydrogen (secondary N) is 1. The van der Waals surface area contributed by atoms with Crippen molar-refractivity contribution in [2.45, 2.75) is 26.9 Å². The summed E-state index contributed by atoms with van der Waals surface area (Å²) in [5.74, 6) is 1.60. The van der Waals surface area contributed by atoms with E-state index in [2.05, 4.69) is 27.4 Å². The van der Waals surface area contributed by atoms with Crippen molar-refractivity contribution in [2.24, 2.45) is 0 Å². The number of nitrogens with zero attached hydrogens (tertiary/aromatic N) is 2. The normalized spacial score (nSPS) is 11.1. The number of rotatable bonds is 4. The second kappa shape index (κ2) is 5.43. The number of aromatic nitrogens is 2. The van der Waals surface area contributed by atoms with E-state index in [4.69, 9.17) is 4.42 Å². The van der Waals surface area contributed by atoms with Gasteiger partial charge >= 0.3 is 0 Å². The van der Waals surface area contributed by atoms with Gasteiger partial charge in [0.15, 0.2) is 0 Å². The summed E-state index contributed by atoms with van der Waals surface area (Å²) in [6.45, 7) is 5.19. The van der Waals surface area contributed by atoms with Crippen molar-refractivity contribution in [3.63, 3.8) is 0 Å². The zero-order chi connectivity index (χ0) is 13.9. The van der Waals surface area contributed by atoms with Crippen LogP contribution >= 0.6 is 0 Å². The van der Waals surface area contributed by atoms with Gasteiger partial charge in [0.05, 0.1) is 23.4 Å². The molecule has 20 heavy (non-hydrogen) atoms. The van der Waals surface area contributed by atoms with Crippen LogP contribution in [0.2, 0.25) is 0 Å². The molecule has 0 saturated heterocycles. The Morgan fingerprint density at radius 3 is 2.65 bits per heavy atom. The van der Waals surface area contributed by atoms with Gasteiger partial charge in [-0.05, 0) is 26.0 Å². The molecule has 3 aromatic rings. The number of aryl methyl sites for hydroxylation is 2. The van der Waals surface area contributed by atoms with Gasteiger partial charge in [-0.1, -0.05) is 24.3 Å². The van der Waals surface area contributed by atoms with Crippen molar-refractivity contribution in [1.29, 1.82) is 0 Å². The second-order valence-corrected chi connectivity index (χ2v) is 4.85. The van der Waals surface area contributed by atoms with E-state index in [1.54, 1.807) is 0 Å². The minimum absolute atomic E-state index is 0.614. The van der Waals surface area contributed by atoms with Crippen LogP contribution in [0.4, 0.5) is 0 Å². The lowest BCUT2D eigenvalue weighted by Crippen LogP contribution is -2.13. The van der Waals surface area contributed by atoms with Gasteiger partial charge in [0, 0.05) is 11.9 Å². The maximum Gasteiger partial charge on any atom is 0.208 e. The van der Waals surface area contributed by atoms with Crippen molar-refractivity contribution in [3.05, 3.63) is 59.4 Å². The number of hydrogen-bond donors (Lipinski definition) is 1. The topological polar surface area (TPSA) is 51.0 Å². The zero-order valence-corrected chi connectivity index (χ0v) is 11.7. The monoisotopic (exact) mass is 267 g/mol. The number of benzene rings is 1. The number of pyridine rings is 1. The van der Waals surface area contributed by atoms with Crippen LogP contribution in [0.5, 0.6) is 0 Å². The highest BCUT2D eigenvalue weighted by molar-refractivity contribution is 5.78. The number of oxazole rings is 1. The fraction of sp³-hybridized carbons (Fsp3) is 0.250. The van der Waals surface area contributed by atoms with Crippen molar-refractivity contribution < 1.29 is 4.42 Å². The molecule has 0 radical (unpaired) electrons. The van der Waals surface area contributed by atoms with Gasteiger partial charge < -0.3 is 9.73 Å². The van der Waals surface area contributed by atoms with Crippen molar-refractivity contribution in [2.75, 3.05) is 0 Å². The Hall–Kier alpha value is -2.20. The van der Waals surface area contributed by atoms with Crippen molar-refractivity contribution >= 4 is 10.9 Å². The van der Waals surface area contributed by atoms with Gasteiger partial charge in [0.25, 0.3) is 0 Å². The van der Waals surface area contributed by atoms with E-state index in [0.717, 1.165) is 33.9 Å². The van der Waals surface area contributed by atoms with Crippen LogP contribution in [0.25, 0.3) is 10.9 Å². The molecule has 0 fully saturated rings. The van der Waals surface area contributed by atoms with Crippen LogP contribution in [0.15, 0.2) is 40.8 Å². The first-order valence-corrected chi connectivity index (χ1v) is 6.70. The summed E-state index contributed by atoms with van der Waals surface area (Å²) >= 11 is 0. The SMILES string of the molecule is Cc1nc(CNCc2ccc3ccccc3n2)oc1C. The molecule has 0 aliphatic rings. The Balaban J connectivity index is 1.64. The van der Waals surface area contributed by atoms with Crippen molar-refractivity contribution in [1.82, 2.24) is 15.3 Å². The predicted octanol–water partition coefficient (Wildman–Crippen LogP) is 3.13. The molecule has 0 atom stereocenters. The van der Waals surface area contributed by atoms with Crippen LogP contribution in [0, 0.1) is 13.8 Å². The summed E-state index contributed by atoms with van der Waals surface area (Å²) in [6.07, 6.45) is 0. The number of para-hydroxylation sites is 1. The molecule has 0 aliphatic carbocycles. The molecule has 1 N–H and O–H groups in total. The maximum atomic E-state index is 5.53. The summed E-state index contributed by atoms with van der Waals surface area (Å²) in [5, 5.41) is 4.47. The average molecular weight is 267 g/mol. The fourth-order valence-corrected chi connectivity index (χ4v) is 2.12. The predicted molar refractivity (Wildman–Crippen MR) is 78.3 cm³/mol. The summed E-state index contributed by atoms with van der Waals surface area (Å²) < 4.78 is 5.53. The first-order chi connectivity index (χ1) is 9.72. The Labute approximate surface area is 117 Å². The smallest absolute Gasteiger partial charge is 0.208 e. The first kappa shape index (κ1) is 12.8. The van der Waals surface area contributed by atoms with Gasteiger partial charge in [-0.3, -0.25) is 4.98 Å². The Morgan fingerprint density at radius 2 is 1.85 bits per heavy atom. The lowest BCUT2D eigenvalue weighted by Gasteiger charge is -2.03. The molecular weight excluding hydrogens is 250 g/mol. The van der Waals surface area contributed by atoms with Crippen LogP contribution in [0.3, 0.4) is 0 Å². The third-order valence-corrected chi connectivity index (χ3v) is 3.31. The third kappa shape index (κ3) is 2.70. The van der Waals surface area contributed by atoms with Crippen molar-refractivity contribution in [3.8, 4) is 0 Å². The van der Waals surface area contributed by atoms with Crippen LogP contribution in [-0.4, -0.2) is 9.97 Å². The average Bonchev–Trinajstić information content (AvgIpc) is 2.77. The Bertz CT molecular complexity index is 714. The van der Waals surface area contributed by atoms with E-state index < -0.39 is 0 Å². The molecule has 2 heterocycles. The highest BCUT2D eigenvalue weighted by atomic mass is 16.4. The molecule has 0 aliphatic heterocycles. The van der Waals surface area contributed by atoms with E-state index in [1.807, 2.05) is 38.1 Å². The maximum absolute atomic E-state index is 5.53. The third-order valence-electron chi connectivity index (χ3n) is 3.31. The van der Waals surface area contributed by atoms with Gasteiger partial charge in [-0.25, -0.2) is 4.98 Å². The molecular formula is C16H17N3O. The second-order valence-electron chi connectivity index (χ2n) is 4.85. The van der Waals surface area contributed by atoms with Gasteiger partial charge in [0.1, 0.15) is 5.76 Å². The van der Waals surface area contributed by atoms with Gasteiger partial charge in [0.2, 0.25) is 5.89 Å². The molecule has 102 valence electrons. The minimum Gasteiger partial charge on any atom is -0.444 e. The highest BCUT2D eigenvalue weighted by Crippen LogP contribution is 2.12. The fourth-order valence-electron chi connectivity index (χ4n) is 2.12. The minimum atomic E-state index is 0.614. The van der Waals surface area contributed by atoms with E-state index >= 15 is 0 Å². The zero-order valence-electron chi connectivity index (χ0n) is 11.7. The molecule has 0 unspecified atom stereocenters. The quantitative estimate of drug-likeness (QED) is 0.789. The summed E-state index contributed by atoms with van der Waals surface area (Å²) in [7, 11) is 0.